The Bertz CT molecular complexity index is 559. The molecule has 0 aliphatic carbocycles. The topological polar surface area (TPSA) is 26.3 Å². The van der Waals surface area contributed by atoms with Crippen LogP contribution in [-0.4, -0.2) is 12.4 Å². The van der Waals surface area contributed by atoms with Gasteiger partial charge in [-0.25, -0.2) is 0 Å². The van der Waals surface area contributed by atoms with Crippen LogP contribution in [0.4, 0.5) is 0 Å². The van der Waals surface area contributed by atoms with Gasteiger partial charge in [-0.1, -0.05) is 59.3 Å². The Morgan fingerprint density at radius 2 is 1.60 bits per heavy atom. The fraction of sp³-hybridized carbons (Fsp3) is 0.235. The lowest BCUT2D eigenvalue weighted by Crippen LogP contribution is -2.09. The zero-order valence-corrected chi connectivity index (χ0v) is 13.0. The summed E-state index contributed by atoms with van der Waals surface area (Å²) in [5, 5.41) is 0. The average Bonchev–Trinajstić information content (AvgIpc) is 2.49. The summed E-state index contributed by atoms with van der Waals surface area (Å²) < 4.78 is 6.50. The summed E-state index contributed by atoms with van der Waals surface area (Å²) in [5.41, 5.74) is 3.00. The number of hydrogen-bond donors (Lipinski definition) is 0. The molecule has 2 nitrogen and oxygen atoms in total. The predicted octanol–water partition coefficient (Wildman–Crippen LogP) is 4.41. The molecule has 0 aliphatic heterocycles. The van der Waals surface area contributed by atoms with Gasteiger partial charge in [0.05, 0.1) is 6.61 Å². The van der Waals surface area contributed by atoms with Crippen molar-refractivity contribution in [3.8, 4) is 0 Å². The molecule has 0 spiro atoms. The van der Waals surface area contributed by atoms with Crippen LogP contribution in [-0.2, 0) is 17.8 Å². The number of carbonyl (C=O) groups is 1. The summed E-state index contributed by atoms with van der Waals surface area (Å²) in [7, 11) is 0. The first-order valence-electron chi connectivity index (χ1n) is 6.63. The van der Waals surface area contributed by atoms with Crippen molar-refractivity contribution in [1.82, 2.24) is 0 Å². The van der Waals surface area contributed by atoms with Crippen molar-refractivity contribution < 1.29 is 9.53 Å². The van der Waals surface area contributed by atoms with Crippen LogP contribution < -0.4 is 0 Å². The van der Waals surface area contributed by atoms with Crippen LogP contribution in [0.3, 0.4) is 0 Å². The van der Waals surface area contributed by atoms with E-state index < -0.39 is 0 Å². The molecule has 2 aromatic rings. The molecule has 20 heavy (non-hydrogen) atoms. The highest BCUT2D eigenvalue weighted by atomic mass is 79.9. The number of Topliss-reactive ketones (excluding diaryl/α,β-unsaturated/α-hetero) is 1. The number of benzene rings is 2. The van der Waals surface area contributed by atoms with Crippen LogP contribution in [0.25, 0.3) is 0 Å². The van der Waals surface area contributed by atoms with Gasteiger partial charge in [0.25, 0.3) is 0 Å². The van der Waals surface area contributed by atoms with Crippen molar-refractivity contribution in [1.29, 1.82) is 0 Å². The predicted molar refractivity (Wildman–Crippen MR) is 83.9 cm³/mol. The van der Waals surface area contributed by atoms with E-state index in [4.69, 9.17) is 4.74 Å². The molecule has 0 heterocycles. The van der Waals surface area contributed by atoms with E-state index in [1.54, 1.807) is 0 Å². The Hall–Kier alpha value is -1.45. The van der Waals surface area contributed by atoms with Crippen molar-refractivity contribution >= 4 is 21.7 Å². The quantitative estimate of drug-likeness (QED) is 0.732. The molecular formula is C17H17BrO2. The molecule has 104 valence electrons. The van der Waals surface area contributed by atoms with Gasteiger partial charge in [0.1, 0.15) is 6.61 Å². The summed E-state index contributed by atoms with van der Waals surface area (Å²) in [6, 6.07) is 15.6. The van der Waals surface area contributed by atoms with E-state index in [1.807, 2.05) is 48.5 Å². The highest BCUT2D eigenvalue weighted by Crippen LogP contribution is 2.11. The Kier molecular flexibility index (Phi) is 5.50. The van der Waals surface area contributed by atoms with Gasteiger partial charge in [0.15, 0.2) is 5.78 Å². The maximum Gasteiger partial charge on any atom is 0.188 e. The highest BCUT2D eigenvalue weighted by molar-refractivity contribution is 9.10. The molecular weight excluding hydrogens is 316 g/mol. The second kappa shape index (κ2) is 7.36. The number of ether oxygens (including phenoxy) is 1. The third kappa shape index (κ3) is 4.29. The first-order valence-corrected chi connectivity index (χ1v) is 7.42. The van der Waals surface area contributed by atoms with Gasteiger partial charge in [-0.3, -0.25) is 4.79 Å². The van der Waals surface area contributed by atoms with E-state index >= 15 is 0 Å². The van der Waals surface area contributed by atoms with E-state index in [9.17, 15) is 4.79 Å². The van der Waals surface area contributed by atoms with Gasteiger partial charge in [-0.15, -0.1) is 0 Å². The lowest BCUT2D eigenvalue weighted by Gasteiger charge is -2.05. The molecule has 0 unspecified atom stereocenters. The fourth-order valence-corrected chi connectivity index (χ4v) is 2.12. The van der Waals surface area contributed by atoms with Gasteiger partial charge in [0.2, 0.25) is 0 Å². The number of ketones is 1. The number of halogens is 1. The Morgan fingerprint density at radius 3 is 2.20 bits per heavy atom. The van der Waals surface area contributed by atoms with E-state index in [2.05, 4.69) is 22.9 Å². The van der Waals surface area contributed by atoms with Crippen molar-refractivity contribution in [3.63, 3.8) is 0 Å². The molecule has 0 atom stereocenters. The second-order valence-electron chi connectivity index (χ2n) is 4.59. The number of rotatable bonds is 6. The summed E-state index contributed by atoms with van der Waals surface area (Å²) in [6.45, 7) is 2.66. The molecule has 0 aliphatic rings. The zero-order chi connectivity index (χ0) is 14.4. The molecule has 0 radical (unpaired) electrons. The molecule has 2 rings (SSSR count). The Morgan fingerprint density at radius 1 is 1.00 bits per heavy atom. The molecule has 2 aromatic carbocycles. The van der Waals surface area contributed by atoms with Gasteiger partial charge < -0.3 is 4.74 Å². The number of aryl methyl sites for hydroxylation is 1. The van der Waals surface area contributed by atoms with Crippen LogP contribution in [0.5, 0.6) is 0 Å². The minimum absolute atomic E-state index is 0.0183. The Labute approximate surface area is 127 Å². The third-order valence-corrected chi connectivity index (χ3v) is 3.63. The standard InChI is InChI=1S/C17H17BrO2/c1-2-13-3-7-15(8-4-13)17(19)12-20-11-14-5-9-16(18)10-6-14/h3-10H,2,11-12H2,1H3. The van der Waals surface area contributed by atoms with E-state index in [-0.39, 0.29) is 12.4 Å². The van der Waals surface area contributed by atoms with E-state index in [0.717, 1.165) is 16.5 Å². The van der Waals surface area contributed by atoms with Gasteiger partial charge in [-0.2, -0.15) is 0 Å². The summed E-state index contributed by atoms with van der Waals surface area (Å²) in [5.74, 6) is 0.0183. The second-order valence-corrected chi connectivity index (χ2v) is 5.51. The first-order chi connectivity index (χ1) is 9.69. The SMILES string of the molecule is CCc1ccc(C(=O)COCc2ccc(Br)cc2)cc1. The minimum atomic E-state index is 0.0183. The van der Waals surface area contributed by atoms with Gasteiger partial charge in [-0.05, 0) is 29.7 Å². The van der Waals surface area contributed by atoms with Gasteiger partial charge in [0, 0.05) is 10.0 Å². The molecule has 3 heteroatoms. The molecule has 0 saturated heterocycles. The largest absolute Gasteiger partial charge is 0.369 e. The highest BCUT2D eigenvalue weighted by Gasteiger charge is 2.05. The van der Waals surface area contributed by atoms with Gasteiger partial charge >= 0.3 is 0 Å². The Balaban J connectivity index is 1.83. The van der Waals surface area contributed by atoms with Crippen LogP contribution in [0.1, 0.15) is 28.4 Å². The summed E-state index contributed by atoms with van der Waals surface area (Å²) in [6.07, 6.45) is 0.981. The minimum Gasteiger partial charge on any atom is -0.369 e. The van der Waals surface area contributed by atoms with Crippen LogP contribution in [0.2, 0.25) is 0 Å². The third-order valence-electron chi connectivity index (χ3n) is 3.10. The molecule has 0 aromatic heterocycles. The molecule has 0 fully saturated rings. The normalized spacial score (nSPS) is 10.5. The average molecular weight is 333 g/mol. The van der Waals surface area contributed by atoms with Crippen LogP contribution in [0, 0.1) is 0 Å². The van der Waals surface area contributed by atoms with Crippen LogP contribution >= 0.6 is 15.9 Å². The number of carbonyl (C=O) groups excluding carboxylic acids is 1. The maximum atomic E-state index is 12.0. The molecule has 0 saturated carbocycles. The van der Waals surface area contributed by atoms with E-state index in [1.165, 1.54) is 5.56 Å². The number of hydrogen-bond acceptors (Lipinski definition) is 2. The summed E-state index contributed by atoms with van der Waals surface area (Å²) in [4.78, 5) is 12.0. The molecule has 0 N–H and O–H groups in total. The van der Waals surface area contributed by atoms with Crippen LogP contribution in [0.15, 0.2) is 53.0 Å². The summed E-state index contributed by atoms with van der Waals surface area (Å²) >= 11 is 3.38. The van der Waals surface area contributed by atoms with E-state index in [0.29, 0.717) is 12.2 Å². The zero-order valence-electron chi connectivity index (χ0n) is 11.4. The first kappa shape index (κ1) is 14.9. The van der Waals surface area contributed by atoms with Crippen molar-refractivity contribution in [2.75, 3.05) is 6.61 Å². The molecule has 0 amide bonds. The molecule has 0 bridgehead atoms. The maximum absolute atomic E-state index is 12.0. The van der Waals surface area contributed by atoms with Crippen molar-refractivity contribution in [2.24, 2.45) is 0 Å². The fourth-order valence-electron chi connectivity index (χ4n) is 1.85. The lowest BCUT2D eigenvalue weighted by atomic mass is 10.1. The monoisotopic (exact) mass is 332 g/mol. The smallest absolute Gasteiger partial charge is 0.188 e. The van der Waals surface area contributed by atoms with Crippen molar-refractivity contribution in [2.45, 2.75) is 20.0 Å². The van der Waals surface area contributed by atoms with Crippen molar-refractivity contribution in [3.05, 3.63) is 69.7 Å². The lowest BCUT2D eigenvalue weighted by molar-refractivity contribution is 0.0726.